The number of rotatable bonds is 6. The van der Waals surface area contributed by atoms with Gasteiger partial charge in [-0.15, -0.1) is 0 Å². The number of hydrogen-bond donors (Lipinski definition) is 1. The standard InChI is InChI=1S/C30H23N3O3/c1-2-36-30(35)22-13-16-24(17-14-22)31-29(34)23-15-18-25-26(19-23)33-28(21-11-7-4-8-12-21)27(32-25)20-9-5-3-6-10-20/h3-19H,2H2,1H3,(H,31,34). The number of ether oxygens (including phenoxy) is 1. The molecule has 6 heteroatoms. The van der Waals surface area contributed by atoms with Crippen LogP contribution >= 0.6 is 0 Å². The second kappa shape index (κ2) is 10.2. The summed E-state index contributed by atoms with van der Waals surface area (Å²) in [7, 11) is 0. The molecule has 4 aromatic carbocycles. The van der Waals surface area contributed by atoms with Gasteiger partial charge in [0, 0.05) is 22.4 Å². The summed E-state index contributed by atoms with van der Waals surface area (Å²) in [5, 5.41) is 2.87. The molecule has 0 saturated heterocycles. The first-order chi connectivity index (χ1) is 17.6. The Morgan fingerprint density at radius 3 is 1.83 bits per heavy atom. The highest BCUT2D eigenvalue weighted by Gasteiger charge is 2.15. The maximum atomic E-state index is 13.0. The Kier molecular flexibility index (Phi) is 6.49. The molecule has 1 heterocycles. The molecule has 6 nitrogen and oxygen atoms in total. The van der Waals surface area contributed by atoms with Gasteiger partial charge < -0.3 is 10.1 Å². The van der Waals surface area contributed by atoms with Crippen LogP contribution < -0.4 is 5.32 Å². The number of fused-ring (bicyclic) bond motifs is 1. The van der Waals surface area contributed by atoms with E-state index in [1.54, 1.807) is 43.3 Å². The normalized spacial score (nSPS) is 10.7. The lowest BCUT2D eigenvalue weighted by molar-refractivity contribution is 0.0526. The highest BCUT2D eigenvalue weighted by Crippen LogP contribution is 2.31. The molecule has 0 spiro atoms. The van der Waals surface area contributed by atoms with Crippen LogP contribution in [0.15, 0.2) is 103 Å². The molecule has 5 aromatic rings. The number of nitrogens with one attached hydrogen (secondary N) is 1. The SMILES string of the molecule is CCOC(=O)c1ccc(NC(=O)c2ccc3nc(-c4ccccc4)c(-c4ccccc4)nc3c2)cc1. The Labute approximate surface area is 208 Å². The van der Waals surface area contributed by atoms with E-state index < -0.39 is 5.97 Å². The zero-order valence-corrected chi connectivity index (χ0v) is 19.6. The van der Waals surface area contributed by atoms with E-state index in [-0.39, 0.29) is 5.91 Å². The first kappa shape index (κ1) is 22.9. The zero-order chi connectivity index (χ0) is 24.9. The summed E-state index contributed by atoms with van der Waals surface area (Å²) in [6.45, 7) is 2.06. The quantitative estimate of drug-likeness (QED) is 0.289. The maximum absolute atomic E-state index is 13.0. The number of carbonyl (C=O) groups is 2. The highest BCUT2D eigenvalue weighted by atomic mass is 16.5. The van der Waals surface area contributed by atoms with E-state index >= 15 is 0 Å². The Morgan fingerprint density at radius 2 is 1.25 bits per heavy atom. The van der Waals surface area contributed by atoms with Crippen LogP contribution in [-0.4, -0.2) is 28.5 Å². The summed E-state index contributed by atoms with van der Waals surface area (Å²) in [5.41, 5.74) is 6.23. The van der Waals surface area contributed by atoms with Crippen molar-refractivity contribution < 1.29 is 14.3 Å². The number of esters is 1. The monoisotopic (exact) mass is 473 g/mol. The summed E-state index contributed by atoms with van der Waals surface area (Å²) in [5.74, 6) is -0.677. The van der Waals surface area contributed by atoms with Crippen LogP contribution in [0.4, 0.5) is 5.69 Å². The molecular formula is C30H23N3O3. The minimum atomic E-state index is -0.396. The zero-order valence-electron chi connectivity index (χ0n) is 19.6. The first-order valence-electron chi connectivity index (χ1n) is 11.6. The van der Waals surface area contributed by atoms with Crippen molar-refractivity contribution in [1.29, 1.82) is 0 Å². The molecule has 0 atom stereocenters. The lowest BCUT2D eigenvalue weighted by Gasteiger charge is -2.12. The lowest BCUT2D eigenvalue weighted by atomic mass is 10.0. The van der Waals surface area contributed by atoms with Gasteiger partial charge in [-0.3, -0.25) is 4.79 Å². The molecule has 36 heavy (non-hydrogen) atoms. The second-order valence-corrected chi connectivity index (χ2v) is 8.11. The van der Waals surface area contributed by atoms with Crippen LogP contribution in [0.1, 0.15) is 27.6 Å². The van der Waals surface area contributed by atoms with Gasteiger partial charge in [0.05, 0.1) is 34.6 Å². The van der Waals surface area contributed by atoms with Crippen molar-refractivity contribution in [3.05, 3.63) is 114 Å². The van der Waals surface area contributed by atoms with Gasteiger partial charge in [-0.05, 0) is 49.4 Å². The molecular weight excluding hydrogens is 450 g/mol. The van der Waals surface area contributed by atoms with Crippen molar-refractivity contribution in [2.75, 3.05) is 11.9 Å². The van der Waals surface area contributed by atoms with E-state index in [2.05, 4.69) is 5.32 Å². The summed E-state index contributed by atoms with van der Waals surface area (Å²) in [4.78, 5) is 34.7. The fourth-order valence-electron chi connectivity index (χ4n) is 3.90. The van der Waals surface area contributed by atoms with E-state index in [1.165, 1.54) is 0 Å². The van der Waals surface area contributed by atoms with Gasteiger partial charge >= 0.3 is 5.97 Å². The van der Waals surface area contributed by atoms with Gasteiger partial charge in [0.15, 0.2) is 0 Å². The number of nitrogens with zero attached hydrogens (tertiary/aromatic N) is 2. The van der Waals surface area contributed by atoms with E-state index in [1.807, 2.05) is 66.7 Å². The average molecular weight is 474 g/mol. The number of hydrogen-bond acceptors (Lipinski definition) is 5. The predicted molar refractivity (Wildman–Crippen MR) is 141 cm³/mol. The van der Waals surface area contributed by atoms with E-state index in [0.29, 0.717) is 34.5 Å². The topological polar surface area (TPSA) is 81.2 Å². The van der Waals surface area contributed by atoms with Crippen LogP contribution in [0.5, 0.6) is 0 Å². The third-order valence-corrected chi connectivity index (χ3v) is 5.67. The average Bonchev–Trinajstić information content (AvgIpc) is 2.93. The van der Waals surface area contributed by atoms with Crippen LogP contribution in [0, 0.1) is 0 Å². The van der Waals surface area contributed by atoms with Crippen LogP contribution in [-0.2, 0) is 4.74 Å². The first-order valence-corrected chi connectivity index (χ1v) is 11.6. The summed E-state index contributed by atoms with van der Waals surface area (Å²) in [6, 6.07) is 31.7. The van der Waals surface area contributed by atoms with Crippen LogP contribution in [0.2, 0.25) is 0 Å². The molecule has 1 N–H and O–H groups in total. The number of amides is 1. The van der Waals surface area contributed by atoms with Gasteiger partial charge in [-0.2, -0.15) is 0 Å². The van der Waals surface area contributed by atoms with Crippen molar-refractivity contribution in [3.63, 3.8) is 0 Å². The molecule has 0 aliphatic rings. The van der Waals surface area contributed by atoms with Crippen molar-refractivity contribution in [2.24, 2.45) is 0 Å². The van der Waals surface area contributed by atoms with E-state index in [0.717, 1.165) is 22.5 Å². The van der Waals surface area contributed by atoms with Gasteiger partial charge in [-0.1, -0.05) is 60.7 Å². The lowest BCUT2D eigenvalue weighted by Crippen LogP contribution is -2.12. The number of benzene rings is 4. The van der Waals surface area contributed by atoms with E-state index in [9.17, 15) is 9.59 Å². The van der Waals surface area contributed by atoms with Crippen molar-refractivity contribution in [3.8, 4) is 22.5 Å². The molecule has 0 saturated carbocycles. The molecule has 1 amide bonds. The van der Waals surface area contributed by atoms with Gasteiger partial charge in [0.2, 0.25) is 0 Å². The van der Waals surface area contributed by atoms with Crippen LogP contribution in [0.25, 0.3) is 33.5 Å². The third-order valence-electron chi connectivity index (χ3n) is 5.67. The van der Waals surface area contributed by atoms with Crippen molar-refractivity contribution in [2.45, 2.75) is 6.92 Å². The molecule has 1 aromatic heterocycles. The minimum Gasteiger partial charge on any atom is -0.462 e. The fraction of sp³-hybridized carbons (Fsp3) is 0.0667. The van der Waals surface area contributed by atoms with Gasteiger partial charge in [0.1, 0.15) is 0 Å². The fourth-order valence-corrected chi connectivity index (χ4v) is 3.90. The number of carbonyl (C=O) groups excluding carboxylic acids is 2. The van der Waals surface area contributed by atoms with Crippen molar-refractivity contribution in [1.82, 2.24) is 9.97 Å². The Hall–Kier alpha value is -4.84. The molecule has 0 radical (unpaired) electrons. The number of aromatic nitrogens is 2. The summed E-state index contributed by atoms with van der Waals surface area (Å²) >= 11 is 0. The number of anilines is 1. The smallest absolute Gasteiger partial charge is 0.338 e. The van der Waals surface area contributed by atoms with Crippen molar-refractivity contribution >= 4 is 28.6 Å². The molecule has 5 rings (SSSR count). The molecule has 0 unspecified atom stereocenters. The molecule has 176 valence electrons. The molecule has 0 aliphatic carbocycles. The Balaban J connectivity index is 1.48. The second-order valence-electron chi connectivity index (χ2n) is 8.11. The van der Waals surface area contributed by atoms with Gasteiger partial charge in [-0.25, -0.2) is 14.8 Å². The predicted octanol–water partition coefficient (Wildman–Crippen LogP) is 6.39. The summed E-state index contributed by atoms with van der Waals surface area (Å²) < 4.78 is 5.00. The largest absolute Gasteiger partial charge is 0.462 e. The molecule has 0 bridgehead atoms. The van der Waals surface area contributed by atoms with Crippen LogP contribution in [0.3, 0.4) is 0 Å². The molecule has 0 aliphatic heterocycles. The maximum Gasteiger partial charge on any atom is 0.338 e. The Bertz CT molecular complexity index is 1530. The minimum absolute atomic E-state index is 0.281. The van der Waals surface area contributed by atoms with Gasteiger partial charge in [0.25, 0.3) is 5.91 Å². The molecule has 0 fully saturated rings. The summed E-state index contributed by atoms with van der Waals surface area (Å²) in [6.07, 6.45) is 0. The van der Waals surface area contributed by atoms with E-state index in [4.69, 9.17) is 14.7 Å². The highest BCUT2D eigenvalue weighted by molar-refractivity contribution is 6.06. The Morgan fingerprint density at radius 1 is 0.694 bits per heavy atom. The third kappa shape index (κ3) is 4.83.